The van der Waals surface area contributed by atoms with E-state index in [2.05, 4.69) is 15.1 Å². The van der Waals surface area contributed by atoms with Crippen LogP contribution in [0.3, 0.4) is 0 Å². The molecule has 7 nitrogen and oxygen atoms in total. The fourth-order valence-corrected chi connectivity index (χ4v) is 2.29. The first-order valence-corrected chi connectivity index (χ1v) is 7.24. The van der Waals surface area contributed by atoms with Crippen LogP contribution < -0.4 is 4.74 Å². The Morgan fingerprint density at radius 1 is 1.09 bits per heavy atom. The number of benzene rings is 1. The minimum atomic E-state index is 0.260. The van der Waals surface area contributed by atoms with Gasteiger partial charge in [-0.25, -0.2) is 0 Å². The van der Waals surface area contributed by atoms with Gasteiger partial charge in [-0.15, -0.1) is 10.2 Å². The third-order valence-corrected chi connectivity index (χ3v) is 3.53. The Hall–Kier alpha value is -2.41. The molecule has 0 bridgehead atoms. The van der Waals surface area contributed by atoms with Crippen molar-refractivity contribution in [2.45, 2.75) is 13.2 Å². The molecule has 0 saturated carbocycles. The molecule has 22 heavy (non-hydrogen) atoms. The van der Waals surface area contributed by atoms with E-state index >= 15 is 0 Å². The molecule has 0 unspecified atom stereocenters. The number of ether oxygens (including phenoxy) is 1. The second-order valence-electron chi connectivity index (χ2n) is 5.11. The van der Waals surface area contributed by atoms with Gasteiger partial charge < -0.3 is 14.1 Å². The van der Waals surface area contributed by atoms with Crippen molar-refractivity contribution in [1.82, 2.24) is 20.0 Å². The van der Waals surface area contributed by atoms with Crippen LogP contribution in [0.15, 0.2) is 34.7 Å². The number of carbonyl (C=O) groups is 1. The molecule has 1 aromatic carbocycles. The van der Waals surface area contributed by atoms with E-state index in [9.17, 15) is 4.79 Å². The number of para-hydroxylation sites is 1. The molecule has 116 valence electrons. The second kappa shape index (κ2) is 7.04. The predicted molar refractivity (Wildman–Crippen MR) is 78.0 cm³/mol. The normalized spacial score (nSPS) is 15.7. The lowest BCUT2D eigenvalue weighted by atomic mass is 10.3. The van der Waals surface area contributed by atoms with Crippen LogP contribution in [0.5, 0.6) is 5.75 Å². The molecule has 0 aliphatic carbocycles. The molecule has 1 saturated heterocycles. The van der Waals surface area contributed by atoms with Crippen molar-refractivity contribution >= 4 is 6.41 Å². The number of nitrogens with zero attached hydrogens (tertiary/aromatic N) is 4. The summed E-state index contributed by atoms with van der Waals surface area (Å²) in [5.41, 5.74) is 0. The van der Waals surface area contributed by atoms with E-state index in [1.165, 1.54) is 0 Å². The summed E-state index contributed by atoms with van der Waals surface area (Å²) in [5.74, 6) is 1.81. The first kappa shape index (κ1) is 14.5. The molecule has 1 aliphatic heterocycles. The lowest BCUT2D eigenvalue weighted by Gasteiger charge is -2.31. The van der Waals surface area contributed by atoms with E-state index in [1.54, 1.807) is 4.90 Å². The third-order valence-electron chi connectivity index (χ3n) is 3.53. The summed E-state index contributed by atoms with van der Waals surface area (Å²) in [4.78, 5) is 14.6. The maximum atomic E-state index is 10.7. The Morgan fingerprint density at radius 3 is 2.55 bits per heavy atom. The maximum absolute atomic E-state index is 10.7. The molecule has 3 rings (SSSR count). The second-order valence-corrected chi connectivity index (χ2v) is 5.11. The number of hydrogen-bond acceptors (Lipinski definition) is 6. The van der Waals surface area contributed by atoms with Gasteiger partial charge in [0, 0.05) is 26.2 Å². The number of hydrogen-bond donors (Lipinski definition) is 0. The minimum absolute atomic E-state index is 0.260. The van der Waals surface area contributed by atoms with E-state index in [0.717, 1.165) is 38.3 Å². The van der Waals surface area contributed by atoms with Crippen molar-refractivity contribution in [2.75, 3.05) is 26.2 Å². The molecule has 0 N–H and O–H groups in total. The minimum Gasteiger partial charge on any atom is -0.484 e. The molecule has 0 radical (unpaired) electrons. The van der Waals surface area contributed by atoms with E-state index < -0.39 is 0 Å². The molecule has 0 atom stereocenters. The van der Waals surface area contributed by atoms with E-state index in [0.29, 0.717) is 18.3 Å². The van der Waals surface area contributed by atoms with Crippen LogP contribution in [0, 0.1) is 0 Å². The smallest absolute Gasteiger partial charge is 0.253 e. The lowest BCUT2D eigenvalue weighted by molar-refractivity contribution is -0.119. The summed E-state index contributed by atoms with van der Waals surface area (Å²) >= 11 is 0. The van der Waals surface area contributed by atoms with Crippen LogP contribution in [0.1, 0.15) is 11.8 Å². The van der Waals surface area contributed by atoms with Gasteiger partial charge in [-0.2, -0.15) is 0 Å². The Morgan fingerprint density at radius 2 is 1.82 bits per heavy atom. The van der Waals surface area contributed by atoms with Crippen molar-refractivity contribution in [3.05, 3.63) is 42.1 Å². The van der Waals surface area contributed by atoms with Crippen molar-refractivity contribution in [1.29, 1.82) is 0 Å². The number of aromatic nitrogens is 2. The highest BCUT2D eigenvalue weighted by molar-refractivity contribution is 5.47. The van der Waals surface area contributed by atoms with Crippen molar-refractivity contribution in [3.8, 4) is 5.75 Å². The third kappa shape index (κ3) is 3.82. The molecular formula is C15H18N4O3. The molecular weight excluding hydrogens is 284 g/mol. The summed E-state index contributed by atoms with van der Waals surface area (Å²) < 4.78 is 11.2. The number of amides is 1. The van der Waals surface area contributed by atoms with Gasteiger partial charge >= 0.3 is 0 Å². The molecule has 1 aromatic heterocycles. The Bertz CT molecular complexity index is 594. The summed E-state index contributed by atoms with van der Waals surface area (Å²) in [5, 5.41) is 8.03. The molecule has 1 amide bonds. The summed E-state index contributed by atoms with van der Waals surface area (Å²) in [6.45, 7) is 3.97. The van der Waals surface area contributed by atoms with Crippen molar-refractivity contribution < 1.29 is 13.9 Å². The molecule has 0 spiro atoms. The van der Waals surface area contributed by atoms with E-state index in [4.69, 9.17) is 9.15 Å². The first-order valence-electron chi connectivity index (χ1n) is 7.24. The highest BCUT2D eigenvalue weighted by Gasteiger charge is 2.18. The van der Waals surface area contributed by atoms with E-state index in [1.807, 2.05) is 30.3 Å². The summed E-state index contributed by atoms with van der Waals surface area (Å²) in [6, 6.07) is 9.51. The average molecular weight is 302 g/mol. The van der Waals surface area contributed by atoms with Gasteiger partial charge in [0.15, 0.2) is 6.61 Å². The van der Waals surface area contributed by atoms with Gasteiger partial charge in [0.25, 0.3) is 5.89 Å². The molecule has 1 aliphatic rings. The largest absolute Gasteiger partial charge is 0.484 e. The Labute approximate surface area is 128 Å². The van der Waals surface area contributed by atoms with Gasteiger partial charge in [0.05, 0.1) is 6.54 Å². The van der Waals surface area contributed by atoms with Gasteiger partial charge in [0.1, 0.15) is 5.75 Å². The zero-order valence-corrected chi connectivity index (χ0v) is 12.2. The number of piperazine rings is 1. The van der Waals surface area contributed by atoms with Crippen LogP contribution in [-0.2, 0) is 17.9 Å². The molecule has 1 fully saturated rings. The summed E-state index contributed by atoms with van der Waals surface area (Å²) in [7, 11) is 0. The first-order chi connectivity index (χ1) is 10.8. The predicted octanol–water partition coefficient (Wildman–Crippen LogP) is 0.923. The van der Waals surface area contributed by atoms with Crippen LogP contribution in [0.2, 0.25) is 0 Å². The zero-order valence-electron chi connectivity index (χ0n) is 12.2. The van der Waals surface area contributed by atoms with E-state index in [-0.39, 0.29) is 6.61 Å². The maximum Gasteiger partial charge on any atom is 0.253 e. The van der Waals surface area contributed by atoms with Crippen LogP contribution in [0.25, 0.3) is 0 Å². The number of carbonyl (C=O) groups excluding carboxylic acids is 1. The SMILES string of the molecule is O=CN1CCN(Cc2nnc(COc3ccccc3)o2)CC1. The summed E-state index contributed by atoms with van der Waals surface area (Å²) in [6.07, 6.45) is 0.892. The highest BCUT2D eigenvalue weighted by Crippen LogP contribution is 2.12. The lowest BCUT2D eigenvalue weighted by Crippen LogP contribution is -2.45. The Balaban J connectivity index is 1.48. The molecule has 7 heteroatoms. The monoisotopic (exact) mass is 302 g/mol. The fraction of sp³-hybridized carbons (Fsp3) is 0.400. The fourth-order valence-electron chi connectivity index (χ4n) is 2.29. The van der Waals surface area contributed by atoms with Crippen molar-refractivity contribution in [2.24, 2.45) is 0 Å². The Kier molecular flexibility index (Phi) is 4.65. The standard InChI is InChI=1S/C15H18N4O3/c20-12-19-8-6-18(7-9-19)10-14-16-17-15(22-14)11-21-13-4-2-1-3-5-13/h1-5,12H,6-11H2. The zero-order chi connectivity index (χ0) is 15.2. The van der Waals surface area contributed by atoms with Gasteiger partial charge in [-0.05, 0) is 12.1 Å². The molecule has 2 heterocycles. The quantitative estimate of drug-likeness (QED) is 0.739. The van der Waals surface area contributed by atoms with Gasteiger partial charge in [-0.1, -0.05) is 18.2 Å². The molecule has 2 aromatic rings. The topological polar surface area (TPSA) is 71.7 Å². The van der Waals surface area contributed by atoms with Crippen LogP contribution >= 0.6 is 0 Å². The average Bonchev–Trinajstić information content (AvgIpc) is 3.02. The van der Waals surface area contributed by atoms with Crippen LogP contribution in [0.4, 0.5) is 0 Å². The highest BCUT2D eigenvalue weighted by atomic mass is 16.5. The van der Waals surface area contributed by atoms with Crippen LogP contribution in [-0.4, -0.2) is 52.6 Å². The number of rotatable bonds is 6. The van der Waals surface area contributed by atoms with Gasteiger partial charge in [-0.3, -0.25) is 9.69 Å². The van der Waals surface area contributed by atoms with Crippen molar-refractivity contribution in [3.63, 3.8) is 0 Å². The van der Waals surface area contributed by atoms with Gasteiger partial charge in [0.2, 0.25) is 12.3 Å².